The number of Topliss-reactive ketones (excluding diaryl/α,β-unsaturated/α-hetero) is 2. The third kappa shape index (κ3) is 3.21. The van der Waals surface area contributed by atoms with Gasteiger partial charge in [0.2, 0.25) is 0 Å². The molecule has 0 saturated carbocycles. The Morgan fingerprint density at radius 2 is 2.29 bits per heavy atom. The van der Waals surface area contributed by atoms with Gasteiger partial charge in [-0.15, -0.1) is 11.3 Å². The molecule has 1 aromatic rings. The van der Waals surface area contributed by atoms with E-state index in [4.69, 9.17) is 11.6 Å². The summed E-state index contributed by atoms with van der Waals surface area (Å²) in [5.41, 5.74) is 0.490. The molecule has 0 saturated heterocycles. The summed E-state index contributed by atoms with van der Waals surface area (Å²) in [4.78, 5) is 22.5. The summed E-state index contributed by atoms with van der Waals surface area (Å²) in [6.45, 7) is -0.0242. The van der Waals surface area contributed by atoms with Crippen LogP contribution in [0.25, 0.3) is 0 Å². The van der Waals surface area contributed by atoms with Gasteiger partial charge >= 0.3 is 0 Å². The topological polar surface area (TPSA) is 43.4 Å². The van der Waals surface area contributed by atoms with Gasteiger partial charge in [-0.05, 0) is 6.07 Å². The average Bonchev–Trinajstić information content (AvgIpc) is 2.52. The zero-order valence-corrected chi connectivity index (χ0v) is 9.15. The van der Waals surface area contributed by atoms with Gasteiger partial charge < -0.3 is 4.74 Å². The summed E-state index contributed by atoms with van der Waals surface area (Å²) in [6, 6.07) is 1.56. The van der Waals surface area contributed by atoms with Crippen LogP contribution in [0.15, 0.2) is 11.4 Å². The number of carbonyl (C=O) groups excluding carboxylic acids is 2. The molecule has 3 nitrogen and oxygen atoms in total. The van der Waals surface area contributed by atoms with E-state index in [2.05, 4.69) is 4.74 Å². The minimum absolute atomic E-state index is 0.0242. The van der Waals surface area contributed by atoms with Gasteiger partial charge in [0.25, 0.3) is 0 Å². The van der Waals surface area contributed by atoms with Crippen molar-refractivity contribution in [3.63, 3.8) is 0 Å². The Kier molecular flexibility index (Phi) is 4.25. The van der Waals surface area contributed by atoms with Crippen LogP contribution in [0.2, 0.25) is 4.34 Å². The molecule has 0 spiro atoms. The highest BCUT2D eigenvalue weighted by molar-refractivity contribution is 7.14. The lowest BCUT2D eigenvalue weighted by molar-refractivity contribution is -0.121. The van der Waals surface area contributed by atoms with E-state index in [1.54, 1.807) is 11.4 Å². The normalized spacial score (nSPS) is 10.1. The van der Waals surface area contributed by atoms with Crippen LogP contribution in [0.3, 0.4) is 0 Å². The Labute approximate surface area is 90.6 Å². The second-order valence-electron chi connectivity index (χ2n) is 2.71. The maximum Gasteiger partial charge on any atom is 0.171 e. The van der Waals surface area contributed by atoms with Crippen LogP contribution in [-0.4, -0.2) is 25.3 Å². The lowest BCUT2D eigenvalue weighted by Crippen LogP contribution is -2.12. The highest BCUT2D eigenvalue weighted by Gasteiger charge is 2.12. The van der Waals surface area contributed by atoms with Crippen molar-refractivity contribution in [1.82, 2.24) is 0 Å². The molecule has 0 aliphatic carbocycles. The van der Waals surface area contributed by atoms with Gasteiger partial charge in [-0.1, -0.05) is 11.6 Å². The lowest BCUT2D eigenvalue weighted by Gasteiger charge is -1.96. The number of carbonyl (C=O) groups is 2. The molecule has 0 fully saturated rings. The number of rotatable bonds is 5. The molecule has 0 radical (unpaired) electrons. The fourth-order valence-corrected chi connectivity index (χ4v) is 1.83. The van der Waals surface area contributed by atoms with E-state index in [1.165, 1.54) is 18.4 Å². The molecule has 76 valence electrons. The predicted molar refractivity (Wildman–Crippen MR) is 55.2 cm³/mol. The van der Waals surface area contributed by atoms with Crippen molar-refractivity contribution in [3.8, 4) is 0 Å². The van der Waals surface area contributed by atoms with E-state index in [1.807, 2.05) is 0 Å². The van der Waals surface area contributed by atoms with Gasteiger partial charge in [0.1, 0.15) is 6.61 Å². The maximum atomic E-state index is 11.4. The fourth-order valence-electron chi connectivity index (χ4n) is 0.949. The van der Waals surface area contributed by atoms with Gasteiger partial charge in [0.05, 0.1) is 10.8 Å². The van der Waals surface area contributed by atoms with E-state index in [9.17, 15) is 9.59 Å². The number of hydrogen-bond acceptors (Lipinski definition) is 4. The molecule has 0 N–H and O–H groups in total. The molecule has 0 aliphatic rings. The zero-order valence-electron chi connectivity index (χ0n) is 7.58. The second-order valence-corrected chi connectivity index (χ2v) is 4.25. The lowest BCUT2D eigenvalue weighted by atomic mass is 10.1. The molecule has 1 rings (SSSR count). The van der Waals surface area contributed by atoms with Crippen molar-refractivity contribution in [2.45, 2.75) is 6.42 Å². The minimum atomic E-state index is -0.222. The second kappa shape index (κ2) is 5.24. The van der Waals surface area contributed by atoms with Gasteiger partial charge in [-0.25, -0.2) is 0 Å². The van der Waals surface area contributed by atoms with Crippen molar-refractivity contribution in [1.29, 1.82) is 0 Å². The molecule has 0 bridgehead atoms. The van der Waals surface area contributed by atoms with Crippen LogP contribution in [0, 0.1) is 0 Å². The Hall–Kier alpha value is -0.710. The smallest absolute Gasteiger partial charge is 0.171 e. The van der Waals surface area contributed by atoms with Crippen LogP contribution in [0.1, 0.15) is 16.8 Å². The van der Waals surface area contributed by atoms with Crippen LogP contribution in [0.5, 0.6) is 0 Å². The Balaban J connectivity index is 2.55. The van der Waals surface area contributed by atoms with Crippen LogP contribution in [0.4, 0.5) is 0 Å². The molecule has 0 aromatic carbocycles. The molecule has 1 heterocycles. The summed E-state index contributed by atoms with van der Waals surface area (Å²) < 4.78 is 5.17. The van der Waals surface area contributed by atoms with Gasteiger partial charge in [0.15, 0.2) is 11.6 Å². The van der Waals surface area contributed by atoms with Crippen molar-refractivity contribution in [2.24, 2.45) is 0 Å². The first-order chi connectivity index (χ1) is 6.63. The first-order valence-corrected chi connectivity index (χ1v) is 5.17. The summed E-state index contributed by atoms with van der Waals surface area (Å²) in [7, 11) is 1.42. The fraction of sp³-hybridized carbons (Fsp3) is 0.333. The Morgan fingerprint density at radius 3 is 2.79 bits per heavy atom. The number of hydrogen-bond donors (Lipinski definition) is 0. The number of halogens is 1. The standard InChI is InChI=1S/C9H9ClO3S/c1-13-4-7(11)3-8(12)6-2-9(10)14-5-6/h2,5H,3-4H2,1H3. The highest BCUT2D eigenvalue weighted by atomic mass is 35.5. The van der Waals surface area contributed by atoms with Gasteiger partial charge in [-0.2, -0.15) is 0 Å². The van der Waals surface area contributed by atoms with E-state index in [0.29, 0.717) is 9.90 Å². The van der Waals surface area contributed by atoms with Crippen LogP contribution in [-0.2, 0) is 9.53 Å². The summed E-state index contributed by atoms with van der Waals surface area (Å²) >= 11 is 6.93. The SMILES string of the molecule is COCC(=O)CC(=O)c1csc(Cl)c1. The summed E-state index contributed by atoms with van der Waals surface area (Å²) in [5.74, 6) is -0.435. The Morgan fingerprint density at radius 1 is 1.57 bits per heavy atom. The monoisotopic (exact) mass is 232 g/mol. The molecule has 0 aliphatic heterocycles. The van der Waals surface area contributed by atoms with E-state index >= 15 is 0 Å². The van der Waals surface area contributed by atoms with E-state index < -0.39 is 0 Å². The average molecular weight is 233 g/mol. The van der Waals surface area contributed by atoms with Crippen molar-refractivity contribution in [2.75, 3.05) is 13.7 Å². The zero-order chi connectivity index (χ0) is 10.6. The highest BCUT2D eigenvalue weighted by Crippen LogP contribution is 2.20. The first-order valence-electron chi connectivity index (χ1n) is 3.91. The summed E-state index contributed by atoms with van der Waals surface area (Å²) in [6.07, 6.45) is -0.124. The third-order valence-electron chi connectivity index (χ3n) is 1.55. The molecular formula is C9H9ClO3S. The summed E-state index contributed by atoms with van der Waals surface area (Å²) in [5, 5.41) is 1.64. The molecule has 1 aromatic heterocycles. The molecule has 0 unspecified atom stereocenters. The number of methoxy groups -OCH3 is 1. The first kappa shape index (κ1) is 11.4. The largest absolute Gasteiger partial charge is 0.377 e. The molecule has 0 amide bonds. The predicted octanol–water partition coefficient (Wildman–Crippen LogP) is 2.19. The quantitative estimate of drug-likeness (QED) is 0.577. The van der Waals surface area contributed by atoms with Gasteiger partial charge in [-0.3, -0.25) is 9.59 Å². The number of thiophene rings is 1. The Bertz CT molecular complexity index is 346. The van der Waals surface area contributed by atoms with Crippen LogP contribution >= 0.6 is 22.9 Å². The minimum Gasteiger partial charge on any atom is -0.377 e. The van der Waals surface area contributed by atoms with Crippen molar-refractivity contribution < 1.29 is 14.3 Å². The molecular weight excluding hydrogens is 224 g/mol. The molecule has 5 heteroatoms. The van der Waals surface area contributed by atoms with Crippen molar-refractivity contribution in [3.05, 3.63) is 21.3 Å². The third-order valence-corrected chi connectivity index (χ3v) is 2.64. The number of ketones is 2. The van der Waals surface area contributed by atoms with Crippen LogP contribution < -0.4 is 0 Å². The maximum absolute atomic E-state index is 11.4. The van der Waals surface area contributed by atoms with Gasteiger partial charge in [0, 0.05) is 18.1 Å². The number of ether oxygens (including phenoxy) is 1. The molecule has 14 heavy (non-hydrogen) atoms. The van der Waals surface area contributed by atoms with Crippen molar-refractivity contribution >= 4 is 34.5 Å². The van der Waals surface area contributed by atoms with E-state index in [0.717, 1.165) is 0 Å². The molecule has 0 atom stereocenters. The van der Waals surface area contributed by atoms with E-state index in [-0.39, 0.29) is 24.6 Å².